The van der Waals surface area contributed by atoms with E-state index in [1.54, 1.807) is 12.1 Å². The van der Waals surface area contributed by atoms with Crippen LogP contribution in [0, 0.1) is 12.7 Å². The van der Waals surface area contributed by atoms with E-state index in [1.807, 2.05) is 12.1 Å². The van der Waals surface area contributed by atoms with Crippen molar-refractivity contribution in [1.29, 1.82) is 0 Å². The number of benzene rings is 2. The van der Waals surface area contributed by atoms with Crippen LogP contribution in [0.25, 0.3) is 0 Å². The molecule has 0 heterocycles. The van der Waals surface area contributed by atoms with Crippen LogP contribution in [0.1, 0.15) is 25.0 Å². The van der Waals surface area contributed by atoms with E-state index < -0.39 is 0 Å². The molecule has 0 amide bonds. The van der Waals surface area contributed by atoms with Crippen molar-refractivity contribution in [1.82, 2.24) is 5.32 Å². The second-order valence-corrected chi connectivity index (χ2v) is 5.18. The third-order valence-corrected chi connectivity index (χ3v) is 3.06. The summed E-state index contributed by atoms with van der Waals surface area (Å²) in [6.07, 6.45) is 0. The Balaban J connectivity index is 2.06. The summed E-state index contributed by atoms with van der Waals surface area (Å²) in [6.45, 7) is 7.16. The molecule has 0 saturated carbocycles. The maximum atomic E-state index is 12.8. The number of hydrogen-bond acceptors (Lipinski definition) is 2. The molecule has 0 bridgehead atoms. The average molecular weight is 273 g/mol. The highest BCUT2D eigenvalue weighted by Crippen LogP contribution is 2.24. The third-order valence-electron chi connectivity index (χ3n) is 3.06. The first-order chi connectivity index (χ1) is 9.54. The molecule has 2 aromatic rings. The maximum absolute atomic E-state index is 12.8. The van der Waals surface area contributed by atoms with Crippen molar-refractivity contribution >= 4 is 0 Å². The number of aryl methyl sites for hydroxylation is 1. The largest absolute Gasteiger partial charge is 0.457 e. The van der Waals surface area contributed by atoms with E-state index in [9.17, 15) is 4.39 Å². The molecule has 2 rings (SSSR count). The third kappa shape index (κ3) is 4.07. The molecule has 0 spiro atoms. The number of halogens is 1. The van der Waals surface area contributed by atoms with Crippen LogP contribution in [0.4, 0.5) is 4.39 Å². The van der Waals surface area contributed by atoms with Crippen LogP contribution in [0.5, 0.6) is 11.5 Å². The van der Waals surface area contributed by atoms with Gasteiger partial charge in [-0.3, -0.25) is 0 Å². The molecule has 0 aliphatic rings. The van der Waals surface area contributed by atoms with E-state index in [0.717, 1.165) is 12.3 Å². The van der Waals surface area contributed by atoms with Crippen LogP contribution >= 0.6 is 0 Å². The second kappa shape index (κ2) is 6.53. The van der Waals surface area contributed by atoms with Crippen molar-refractivity contribution in [3.63, 3.8) is 0 Å². The molecule has 2 nitrogen and oxygen atoms in total. The normalized spacial score (nSPS) is 10.8. The molecule has 0 saturated heterocycles. The van der Waals surface area contributed by atoms with Crippen LogP contribution in [0.2, 0.25) is 0 Å². The van der Waals surface area contributed by atoms with Gasteiger partial charge in [-0.25, -0.2) is 4.39 Å². The lowest BCUT2D eigenvalue weighted by atomic mass is 10.1. The summed E-state index contributed by atoms with van der Waals surface area (Å²) in [4.78, 5) is 0. The molecule has 0 radical (unpaired) electrons. The Bertz CT molecular complexity index is 564. The highest BCUT2D eigenvalue weighted by atomic mass is 19.1. The molecule has 106 valence electrons. The first-order valence-corrected chi connectivity index (χ1v) is 6.81. The Morgan fingerprint density at radius 2 is 1.70 bits per heavy atom. The summed E-state index contributed by atoms with van der Waals surface area (Å²) < 4.78 is 18.5. The zero-order valence-corrected chi connectivity index (χ0v) is 12.1. The Labute approximate surface area is 119 Å². The molecule has 0 aromatic heterocycles. The molecule has 0 atom stereocenters. The van der Waals surface area contributed by atoms with Crippen molar-refractivity contribution in [3.05, 3.63) is 59.4 Å². The minimum atomic E-state index is -0.261. The fourth-order valence-electron chi connectivity index (χ4n) is 1.88. The van der Waals surface area contributed by atoms with Gasteiger partial charge in [0.1, 0.15) is 17.3 Å². The molecule has 1 N–H and O–H groups in total. The quantitative estimate of drug-likeness (QED) is 0.870. The minimum absolute atomic E-state index is 0.261. The molecular formula is C17H20FNO. The van der Waals surface area contributed by atoms with E-state index in [1.165, 1.54) is 23.3 Å². The summed E-state index contributed by atoms with van der Waals surface area (Å²) in [6, 6.07) is 12.5. The minimum Gasteiger partial charge on any atom is -0.457 e. The summed E-state index contributed by atoms with van der Waals surface area (Å²) in [5, 5.41) is 3.40. The Morgan fingerprint density at radius 3 is 2.30 bits per heavy atom. The first kappa shape index (κ1) is 14.5. The average Bonchev–Trinajstić information content (AvgIpc) is 2.40. The number of hydrogen-bond donors (Lipinski definition) is 1. The predicted octanol–water partition coefficient (Wildman–Crippen LogP) is 4.42. The molecular weight excluding hydrogens is 253 g/mol. The Kier molecular flexibility index (Phi) is 4.74. The summed E-state index contributed by atoms with van der Waals surface area (Å²) >= 11 is 0. The number of rotatable bonds is 5. The van der Waals surface area contributed by atoms with Crippen molar-refractivity contribution in [2.24, 2.45) is 0 Å². The van der Waals surface area contributed by atoms with E-state index in [2.05, 4.69) is 32.2 Å². The van der Waals surface area contributed by atoms with Gasteiger partial charge in [0.05, 0.1) is 0 Å². The van der Waals surface area contributed by atoms with Gasteiger partial charge >= 0.3 is 0 Å². The first-order valence-electron chi connectivity index (χ1n) is 6.81. The Hall–Kier alpha value is -1.87. The van der Waals surface area contributed by atoms with E-state index in [4.69, 9.17) is 4.74 Å². The lowest BCUT2D eigenvalue weighted by Crippen LogP contribution is -2.22. The second-order valence-electron chi connectivity index (χ2n) is 5.18. The van der Waals surface area contributed by atoms with Crippen molar-refractivity contribution in [3.8, 4) is 11.5 Å². The maximum Gasteiger partial charge on any atom is 0.127 e. The molecule has 20 heavy (non-hydrogen) atoms. The highest BCUT2D eigenvalue weighted by Gasteiger charge is 2.03. The van der Waals surface area contributed by atoms with Gasteiger partial charge < -0.3 is 10.1 Å². The van der Waals surface area contributed by atoms with Crippen LogP contribution in [-0.2, 0) is 6.54 Å². The van der Waals surface area contributed by atoms with Gasteiger partial charge in [0.25, 0.3) is 0 Å². The molecule has 0 aliphatic carbocycles. The number of ether oxygens (including phenoxy) is 1. The molecule has 2 aromatic carbocycles. The van der Waals surface area contributed by atoms with Crippen LogP contribution in [0.15, 0.2) is 42.5 Å². The SMILES string of the molecule is Cc1cc(Oc2ccc(F)cc2)ccc1CNC(C)C. The monoisotopic (exact) mass is 273 g/mol. The molecule has 0 unspecified atom stereocenters. The van der Waals surface area contributed by atoms with Crippen molar-refractivity contribution < 1.29 is 9.13 Å². The van der Waals surface area contributed by atoms with Gasteiger partial charge in [-0.15, -0.1) is 0 Å². The van der Waals surface area contributed by atoms with Gasteiger partial charge in [-0.2, -0.15) is 0 Å². The van der Waals surface area contributed by atoms with Gasteiger partial charge in [0, 0.05) is 12.6 Å². The van der Waals surface area contributed by atoms with Gasteiger partial charge in [-0.1, -0.05) is 19.9 Å². The van der Waals surface area contributed by atoms with Crippen molar-refractivity contribution in [2.75, 3.05) is 0 Å². The summed E-state index contributed by atoms with van der Waals surface area (Å²) in [5.41, 5.74) is 2.43. The van der Waals surface area contributed by atoms with Crippen LogP contribution < -0.4 is 10.1 Å². The van der Waals surface area contributed by atoms with Gasteiger partial charge in [-0.05, 0) is 54.4 Å². The smallest absolute Gasteiger partial charge is 0.127 e. The fourth-order valence-corrected chi connectivity index (χ4v) is 1.88. The standard InChI is InChI=1S/C17H20FNO/c1-12(2)19-11-14-4-7-17(10-13(14)3)20-16-8-5-15(18)6-9-16/h4-10,12,19H,11H2,1-3H3. The zero-order chi connectivity index (χ0) is 14.5. The lowest BCUT2D eigenvalue weighted by Gasteiger charge is -2.12. The highest BCUT2D eigenvalue weighted by molar-refractivity contribution is 5.37. The fraction of sp³-hybridized carbons (Fsp3) is 0.294. The van der Waals surface area contributed by atoms with Crippen LogP contribution in [0.3, 0.4) is 0 Å². The lowest BCUT2D eigenvalue weighted by molar-refractivity contribution is 0.479. The van der Waals surface area contributed by atoms with E-state index >= 15 is 0 Å². The zero-order valence-electron chi connectivity index (χ0n) is 12.1. The van der Waals surface area contributed by atoms with Crippen molar-refractivity contribution in [2.45, 2.75) is 33.4 Å². The van der Waals surface area contributed by atoms with Crippen LogP contribution in [-0.4, -0.2) is 6.04 Å². The number of nitrogens with one attached hydrogen (secondary N) is 1. The molecule has 0 fully saturated rings. The summed E-state index contributed by atoms with van der Waals surface area (Å²) in [7, 11) is 0. The van der Waals surface area contributed by atoms with Gasteiger partial charge in [0.15, 0.2) is 0 Å². The van der Waals surface area contributed by atoms with Gasteiger partial charge in [0.2, 0.25) is 0 Å². The topological polar surface area (TPSA) is 21.3 Å². The van der Waals surface area contributed by atoms with E-state index in [0.29, 0.717) is 11.8 Å². The summed E-state index contributed by atoms with van der Waals surface area (Å²) in [5.74, 6) is 1.14. The predicted molar refractivity (Wildman–Crippen MR) is 79.6 cm³/mol. The van der Waals surface area contributed by atoms with E-state index in [-0.39, 0.29) is 5.82 Å². The molecule has 3 heteroatoms. The molecule has 0 aliphatic heterocycles. The Morgan fingerprint density at radius 1 is 1.05 bits per heavy atom.